The molecule has 0 aliphatic carbocycles. The van der Waals surface area contributed by atoms with Crippen molar-refractivity contribution in [3.8, 4) is 0 Å². The van der Waals surface area contributed by atoms with Gasteiger partial charge in [0.15, 0.2) is 0 Å². The number of nitrogens with zero attached hydrogens (tertiary/aromatic N) is 6. The molecule has 0 radical (unpaired) electrons. The van der Waals surface area contributed by atoms with E-state index in [1.807, 2.05) is 4.90 Å². The van der Waals surface area contributed by atoms with E-state index in [0.717, 1.165) is 23.7 Å². The van der Waals surface area contributed by atoms with E-state index in [2.05, 4.69) is 20.4 Å². The number of halogens is 6. The lowest BCUT2D eigenvalue weighted by Gasteiger charge is -2.35. The van der Waals surface area contributed by atoms with E-state index in [0.29, 0.717) is 32.7 Å². The maximum Gasteiger partial charge on any atom is 0.423 e. The number of alkyl halides is 6. The van der Waals surface area contributed by atoms with Crippen LogP contribution in [0.15, 0.2) is 23.4 Å². The largest absolute Gasteiger partial charge is 0.423 e. The van der Waals surface area contributed by atoms with Gasteiger partial charge in [0.25, 0.3) is 5.56 Å². The number of piperazine rings is 1. The van der Waals surface area contributed by atoms with E-state index >= 15 is 0 Å². The second-order valence-electron chi connectivity index (χ2n) is 8.55. The van der Waals surface area contributed by atoms with Crippen LogP contribution in [0.5, 0.6) is 0 Å². The normalized spacial score (nSPS) is 15.8. The minimum absolute atomic E-state index is 0.166. The molecule has 1 saturated heterocycles. The number of hydrogen-bond acceptors (Lipinski definition) is 9. The summed E-state index contributed by atoms with van der Waals surface area (Å²) in [5, 5.41) is 8.76. The Bertz CT molecular complexity index is 1130. The van der Waals surface area contributed by atoms with Gasteiger partial charge in [-0.1, -0.05) is 0 Å². The molecule has 2 aromatic rings. The van der Waals surface area contributed by atoms with Crippen LogP contribution in [-0.4, -0.2) is 88.0 Å². The summed E-state index contributed by atoms with van der Waals surface area (Å²) in [7, 11) is 0. The van der Waals surface area contributed by atoms with Crippen LogP contribution in [0.1, 0.15) is 25.0 Å². The summed E-state index contributed by atoms with van der Waals surface area (Å²) in [6, 6.07) is -0.714. The number of H-pyrrole nitrogens is 1. The SMILES string of the molecule is CC(=O)N(CCN1CCN(c2ncc(C(F)(F)F)cn2)CC1)OC[C@H](C)Nc1cn[nH]c(=O)c1C(F)(F)F. The van der Waals surface area contributed by atoms with Crippen molar-refractivity contribution < 1.29 is 36.0 Å². The third kappa shape index (κ3) is 7.77. The van der Waals surface area contributed by atoms with Crippen molar-refractivity contribution in [2.24, 2.45) is 0 Å². The number of amides is 1. The summed E-state index contributed by atoms with van der Waals surface area (Å²) in [5.74, 6) is -0.222. The predicted octanol–water partition coefficient (Wildman–Crippen LogP) is 2.00. The lowest BCUT2D eigenvalue weighted by molar-refractivity contribution is -0.186. The maximum absolute atomic E-state index is 13.2. The molecular formula is C21H26F6N8O3. The third-order valence-corrected chi connectivity index (χ3v) is 5.61. The molecule has 0 saturated carbocycles. The van der Waals surface area contributed by atoms with E-state index in [1.54, 1.807) is 10.00 Å². The topological polar surface area (TPSA) is 120 Å². The second kappa shape index (κ2) is 11.9. The summed E-state index contributed by atoms with van der Waals surface area (Å²) in [6.45, 7) is 5.18. The lowest BCUT2D eigenvalue weighted by atomic mass is 10.2. The van der Waals surface area contributed by atoms with Crippen molar-refractivity contribution in [3.05, 3.63) is 40.1 Å². The molecule has 17 heteroatoms. The Morgan fingerprint density at radius 2 is 1.74 bits per heavy atom. The van der Waals surface area contributed by atoms with E-state index in [4.69, 9.17) is 4.84 Å². The third-order valence-electron chi connectivity index (χ3n) is 5.61. The van der Waals surface area contributed by atoms with Gasteiger partial charge in [-0.05, 0) is 6.92 Å². The Balaban J connectivity index is 1.47. The molecule has 3 heterocycles. The van der Waals surface area contributed by atoms with Crippen LogP contribution >= 0.6 is 0 Å². The molecule has 1 fully saturated rings. The summed E-state index contributed by atoms with van der Waals surface area (Å²) in [5.41, 5.74) is -4.24. The fourth-order valence-electron chi connectivity index (χ4n) is 3.65. The molecule has 0 aromatic carbocycles. The van der Waals surface area contributed by atoms with Crippen LogP contribution in [-0.2, 0) is 22.0 Å². The van der Waals surface area contributed by atoms with Gasteiger partial charge in [-0.25, -0.2) is 20.1 Å². The molecule has 0 unspecified atom stereocenters. The predicted molar refractivity (Wildman–Crippen MR) is 122 cm³/mol. The zero-order valence-corrected chi connectivity index (χ0v) is 20.4. The molecule has 3 rings (SSSR count). The molecule has 1 amide bonds. The first-order valence-electron chi connectivity index (χ1n) is 11.4. The molecule has 38 heavy (non-hydrogen) atoms. The molecule has 2 N–H and O–H groups in total. The molecule has 1 aliphatic rings. The van der Waals surface area contributed by atoms with Crippen LogP contribution in [0.2, 0.25) is 0 Å². The van der Waals surface area contributed by atoms with Gasteiger partial charge in [-0.2, -0.15) is 31.4 Å². The molecule has 0 spiro atoms. The van der Waals surface area contributed by atoms with E-state index in [1.165, 1.54) is 13.8 Å². The summed E-state index contributed by atoms with van der Waals surface area (Å²) in [6.07, 6.45) is -7.09. The van der Waals surface area contributed by atoms with Gasteiger partial charge in [-0.3, -0.25) is 19.3 Å². The molecule has 210 valence electrons. The zero-order chi connectivity index (χ0) is 28.1. The highest BCUT2D eigenvalue weighted by Gasteiger charge is 2.37. The number of aromatic nitrogens is 4. The monoisotopic (exact) mass is 552 g/mol. The highest BCUT2D eigenvalue weighted by atomic mass is 19.4. The minimum Gasteiger partial charge on any atom is -0.378 e. The number of aromatic amines is 1. The van der Waals surface area contributed by atoms with E-state index < -0.39 is 46.7 Å². The second-order valence-corrected chi connectivity index (χ2v) is 8.55. The number of nitrogens with one attached hydrogen (secondary N) is 2. The fourth-order valence-corrected chi connectivity index (χ4v) is 3.65. The first-order chi connectivity index (χ1) is 17.8. The highest BCUT2D eigenvalue weighted by molar-refractivity contribution is 5.72. The average molecular weight is 552 g/mol. The quantitative estimate of drug-likeness (QED) is 0.356. The van der Waals surface area contributed by atoms with Crippen LogP contribution in [0.3, 0.4) is 0 Å². The molecule has 0 bridgehead atoms. The smallest absolute Gasteiger partial charge is 0.378 e. The Labute approximate surface area is 212 Å². The van der Waals surface area contributed by atoms with Crippen LogP contribution in [0.25, 0.3) is 0 Å². The summed E-state index contributed by atoms with van der Waals surface area (Å²) in [4.78, 5) is 40.5. The fraction of sp³-hybridized carbons (Fsp3) is 0.571. The zero-order valence-electron chi connectivity index (χ0n) is 20.4. The molecular weight excluding hydrogens is 526 g/mol. The van der Waals surface area contributed by atoms with Gasteiger partial charge in [0.2, 0.25) is 11.9 Å². The van der Waals surface area contributed by atoms with Crippen LogP contribution < -0.4 is 15.8 Å². The van der Waals surface area contributed by atoms with Gasteiger partial charge in [-0.15, -0.1) is 0 Å². The van der Waals surface area contributed by atoms with E-state index in [9.17, 15) is 35.9 Å². The van der Waals surface area contributed by atoms with Crippen molar-refractivity contribution in [1.29, 1.82) is 0 Å². The van der Waals surface area contributed by atoms with E-state index in [-0.39, 0.29) is 19.1 Å². The Kier molecular flexibility index (Phi) is 9.14. The summed E-state index contributed by atoms with van der Waals surface area (Å²) < 4.78 is 77.7. The van der Waals surface area contributed by atoms with Gasteiger partial charge < -0.3 is 10.2 Å². The van der Waals surface area contributed by atoms with Gasteiger partial charge in [0, 0.05) is 58.1 Å². The van der Waals surface area contributed by atoms with Crippen LogP contribution in [0.4, 0.5) is 38.0 Å². The first-order valence-corrected chi connectivity index (χ1v) is 11.4. The number of anilines is 2. The van der Waals surface area contributed by atoms with Crippen molar-refractivity contribution in [2.45, 2.75) is 32.2 Å². The number of carbonyl (C=O) groups excluding carboxylic acids is 1. The van der Waals surface area contributed by atoms with Gasteiger partial charge in [0.05, 0.1) is 30.6 Å². The molecule has 2 aromatic heterocycles. The number of hydrogen-bond donors (Lipinski definition) is 2. The lowest BCUT2D eigenvalue weighted by Crippen LogP contribution is -2.49. The molecule has 1 aliphatic heterocycles. The number of hydroxylamine groups is 2. The Morgan fingerprint density at radius 3 is 2.29 bits per heavy atom. The highest BCUT2D eigenvalue weighted by Crippen LogP contribution is 2.31. The standard InChI is InChI=1S/C21H26F6N8O3/c1-13(31-16-11-30-32-18(37)17(16)21(25,26)27)12-38-35(14(2)36)8-5-33-3-6-34(7-4-33)19-28-9-15(10-29-19)20(22,23)24/h9-11,13H,3-8,12H2,1-2H3,(H2,31,32,37)/t13-/m0/s1. The van der Waals surface area contributed by atoms with Crippen molar-refractivity contribution >= 4 is 17.5 Å². The minimum atomic E-state index is -4.90. The van der Waals surface area contributed by atoms with Crippen molar-refractivity contribution in [3.63, 3.8) is 0 Å². The maximum atomic E-state index is 13.2. The Hall–Kier alpha value is -3.47. The average Bonchev–Trinajstić information content (AvgIpc) is 2.83. The van der Waals surface area contributed by atoms with Crippen molar-refractivity contribution in [2.75, 3.05) is 56.1 Å². The molecule has 1 atom stereocenters. The van der Waals surface area contributed by atoms with Gasteiger partial charge in [0.1, 0.15) is 5.56 Å². The van der Waals surface area contributed by atoms with Crippen molar-refractivity contribution in [1.82, 2.24) is 30.1 Å². The first kappa shape index (κ1) is 29.1. The summed E-state index contributed by atoms with van der Waals surface area (Å²) >= 11 is 0. The van der Waals surface area contributed by atoms with Gasteiger partial charge >= 0.3 is 12.4 Å². The molecule has 11 nitrogen and oxygen atoms in total. The van der Waals surface area contributed by atoms with Crippen LogP contribution in [0, 0.1) is 0 Å². The number of carbonyl (C=O) groups is 1. The number of rotatable bonds is 9. The Morgan fingerprint density at radius 1 is 1.11 bits per heavy atom.